The van der Waals surface area contributed by atoms with Gasteiger partial charge in [0.25, 0.3) is 15.9 Å². The van der Waals surface area contributed by atoms with Crippen molar-refractivity contribution in [3.8, 4) is 5.75 Å². The number of ether oxygens (including phenoxy) is 2. The molecule has 1 heterocycles. The molecule has 2 aromatic carbocycles. The van der Waals surface area contributed by atoms with E-state index in [1.807, 2.05) is 18.4 Å². The van der Waals surface area contributed by atoms with Crippen molar-refractivity contribution in [3.63, 3.8) is 0 Å². The van der Waals surface area contributed by atoms with Gasteiger partial charge in [-0.3, -0.25) is 14.3 Å². The fraction of sp³-hybridized carbons (Fsp3) is 0.217. The first-order valence-electron chi connectivity index (χ1n) is 9.92. The number of amides is 1. The number of aryl methyl sites for hydroxylation is 1. The molecular formula is C23H24N2O6S2. The quantitative estimate of drug-likeness (QED) is 0.442. The van der Waals surface area contributed by atoms with Crippen molar-refractivity contribution in [3.05, 3.63) is 76.0 Å². The van der Waals surface area contributed by atoms with Crippen LogP contribution in [-0.4, -0.2) is 34.5 Å². The molecule has 0 spiro atoms. The molecule has 3 rings (SSSR count). The Hall–Kier alpha value is -3.37. The summed E-state index contributed by atoms with van der Waals surface area (Å²) in [7, 11) is -1.42. The van der Waals surface area contributed by atoms with E-state index < -0.39 is 27.9 Å². The van der Waals surface area contributed by atoms with Crippen LogP contribution >= 0.6 is 11.3 Å². The summed E-state index contributed by atoms with van der Waals surface area (Å²) in [6, 6.07) is 14.0. The average molecular weight is 489 g/mol. The third kappa shape index (κ3) is 6.11. The lowest BCUT2D eigenvalue weighted by atomic mass is 10.1. The van der Waals surface area contributed by atoms with Crippen LogP contribution in [-0.2, 0) is 19.6 Å². The fourth-order valence-electron chi connectivity index (χ4n) is 3.06. The Morgan fingerprint density at radius 1 is 1.06 bits per heavy atom. The molecule has 1 atom stereocenters. The van der Waals surface area contributed by atoms with E-state index in [2.05, 4.69) is 10.0 Å². The fourth-order valence-corrected chi connectivity index (χ4v) is 5.10. The summed E-state index contributed by atoms with van der Waals surface area (Å²) in [6.45, 7) is 1.90. The second-order valence-corrected chi connectivity index (χ2v) is 9.79. The third-order valence-corrected chi connectivity index (χ3v) is 7.20. The van der Waals surface area contributed by atoms with E-state index in [4.69, 9.17) is 9.47 Å². The van der Waals surface area contributed by atoms with Crippen LogP contribution in [0.2, 0.25) is 0 Å². The van der Waals surface area contributed by atoms with Gasteiger partial charge in [-0.25, -0.2) is 8.42 Å². The Morgan fingerprint density at radius 2 is 1.79 bits per heavy atom. The Labute approximate surface area is 196 Å². The number of sulfonamides is 1. The molecule has 0 fully saturated rings. The van der Waals surface area contributed by atoms with E-state index in [0.717, 1.165) is 10.4 Å². The molecule has 1 aromatic heterocycles. The zero-order valence-electron chi connectivity index (χ0n) is 18.3. The van der Waals surface area contributed by atoms with Crippen LogP contribution < -0.4 is 14.8 Å². The molecule has 10 heteroatoms. The summed E-state index contributed by atoms with van der Waals surface area (Å²) < 4.78 is 38.6. The van der Waals surface area contributed by atoms with Crippen molar-refractivity contribution in [1.29, 1.82) is 0 Å². The van der Waals surface area contributed by atoms with Crippen molar-refractivity contribution < 1.29 is 27.5 Å². The number of hydrogen-bond donors (Lipinski definition) is 2. The highest BCUT2D eigenvalue weighted by atomic mass is 32.2. The molecule has 33 heavy (non-hydrogen) atoms. The largest absolute Gasteiger partial charge is 0.495 e. The first kappa shape index (κ1) is 24.3. The molecule has 174 valence electrons. The summed E-state index contributed by atoms with van der Waals surface area (Å²) >= 11 is 1.39. The molecule has 2 N–H and O–H groups in total. The Balaban J connectivity index is 1.89. The van der Waals surface area contributed by atoms with Crippen molar-refractivity contribution in [2.45, 2.75) is 24.3 Å². The SMILES string of the molecule is COC(=O)CC(NC(=O)c1ccc(OC)c(S(=O)(=O)Nc2ccc(C)cc2)c1)c1cccs1. The van der Waals surface area contributed by atoms with Crippen LogP contribution in [0.15, 0.2) is 64.9 Å². The minimum atomic E-state index is -4.05. The number of thiophene rings is 1. The predicted molar refractivity (Wildman–Crippen MR) is 126 cm³/mol. The number of nitrogens with one attached hydrogen (secondary N) is 2. The lowest BCUT2D eigenvalue weighted by Gasteiger charge is -2.17. The standard InChI is InChI=1S/C23H24N2O6S2/c1-15-6-9-17(10-7-15)25-33(28,29)21-13-16(8-11-19(21)30-2)23(27)24-18(14-22(26)31-3)20-5-4-12-32-20/h4-13,18,25H,14H2,1-3H3,(H,24,27). The van der Waals surface area contributed by atoms with Crippen LogP contribution in [0.3, 0.4) is 0 Å². The van der Waals surface area contributed by atoms with Crippen LogP contribution in [0.4, 0.5) is 5.69 Å². The van der Waals surface area contributed by atoms with Gasteiger partial charge < -0.3 is 14.8 Å². The van der Waals surface area contributed by atoms with E-state index >= 15 is 0 Å². The smallest absolute Gasteiger partial charge is 0.307 e. The maximum Gasteiger partial charge on any atom is 0.307 e. The molecule has 8 nitrogen and oxygen atoms in total. The lowest BCUT2D eigenvalue weighted by Crippen LogP contribution is -2.30. The summed E-state index contributed by atoms with van der Waals surface area (Å²) in [5, 5.41) is 4.62. The Kier molecular flexibility index (Phi) is 7.72. The van der Waals surface area contributed by atoms with Gasteiger partial charge in [0, 0.05) is 16.1 Å². The minimum absolute atomic E-state index is 0.0565. The van der Waals surface area contributed by atoms with Crippen molar-refractivity contribution in [1.82, 2.24) is 5.32 Å². The number of carbonyl (C=O) groups is 2. The van der Waals surface area contributed by atoms with E-state index in [0.29, 0.717) is 5.69 Å². The number of hydrogen-bond acceptors (Lipinski definition) is 7. The maximum absolute atomic E-state index is 13.1. The van der Waals surface area contributed by atoms with Gasteiger partial charge in [-0.2, -0.15) is 0 Å². The maximum atomic E-state index is 13.1. The second-order valence-electron chi connectivity index (χ2n) is 7.16. The van der Waals surface area contributed by atoms with Gasteiger partial charge >= 0.3 is 5.97 Å². The summed E-state index contributed by atoms with van der Waals surface area (Å²) in [4.78, 5) is 25.4. The van der Waals surface area contributed by atoms with Gasteiger partial charge in [0.1, 0.15) is 10.6 Å². The van der Waals surface area contributed by atoms with Crippen molar-refractivity contribution in [2.75, 3.05) is 18.9 Å². The van der Waals surface area contributed by atoms with Gasteiger partial charge in [0.2, 0.25) is 0 Å². The lowest BCUT2D eigenvalue weighted by molar-refractivity contribution is -0.141. The third-order valence-electron chi connectivity index (χ3n) is 4.81. The van der Waals surface area contributed by atoms with Crippen LogP contribution in [0, 0.1) is 6.92 Å². The molecule has 0 bridgehead atoms. The van der Waals surface area contributed by atoms with E-state index in [1.54, 1.807) is 30.3 Å². The number of esters is 1. The summed E-state index contributed by atoms with van der Waals surface area (Å²) in [6.07, 6.45) is -0.0565. The number of carbonyl (C=O) groups excluding carboxylic acids is 2. The average Bonchev–Trinajstić information content (AvgIpc) is 3.34. The van der Waals surface area contributed by atoms with Crippen molar-refractivity contribution >= 4 is 38.9 Å². The highest BCUT2D eigenvalue weighted by molar-refractivity contribution is 7.92. The van der Waals surface area contributed by atoms with Gasteiger partial charge in [0.15, 0.2) is 0 Å². The summed E-state index contributed by atoms with van der Waals surface area (Å²) in [5.41, 5.74) is 1.47. The Morgan fingerprint density at radius 3 is 2.39 bits per heavy atom. The van der Waals surface area contributed by atoms with E-state index in [1.165, 1.54) is 43.8 Å². The van der Waals surface area contributed by atoms with E-state index in [-0.39, 0.29) is 22.6 Å². The highest BCUT2D eigenvalue weighted by Gasteiger charge is 2.24. The van der Waals surface area contributed by atoms with Crippen LogP contribution in [0.25, 0.3) is 0 Å². The topological polar surface area (TPSA) is 111 Å². The molecule has 1 unspecified atom stereocenters. The van der Waals surface area contributed by atoms with Gasteiger partial charge in [-0.15, -0.1) is 11.3 Å². The highest BCUT2D eigenvalue weighted by Crippen LogP contribution is 2.28. The first-order valence-corrected chi connectivity index (χ1v) is 12.3. The first-order chi connectivity index (χ1) is 15.7. The summed E-state index contributed by atoms with van der Waals surface area (Å²) in [5.74, 6) is -0.920. The monoisotopic (exact) mass is 488 g/mol. The zero-order valence-corrected chi connectivity index (χ0v) is 20.0. The minimum Gasteiger partial charge on any atom is -0.495 e. The van der Waals surface area contributed by atoms with Gasteiger partial charge in [0.05, 0.1) is 26.7 Å². The van der Waals surface area contributed by atoms with Gasteiger partial charge in [-0.1, -0.05) is 23.8 Å². The molecule has 0 aliphatic carbocycles. The molecule has 0 saturated carbocycles. The Bertz CT molecular complexity index is 1220. The number of methoxy groups -OCH3 is 2. The number of benzene rings is 2. The molecule has 3 aromatic rings. The van der Waals surface area contributed by atoms with Gasteiger partial charge in [-0.05, 0) is 48.7 Å². The number of anilines is 1. The second kappa shape index (κ2) is 10.5. The van der Waals surface area contributed by atoms with E-state index in [9.17, 15) is 18.0 Å². The molecule has 1 amide bonds. The molecule has 0 aliphatic rings. The molecule has 0 radical (unpaired) electrons. The van der Waals surface area contributed by atoms with Crippen LogP contribution in [0.1, 0.15) is 33.3 Å². The number of rotatable bonds is 9. The zero-order chi connectivity index (χ0) is 24.0. The predicted octanol–water partition coefficient (Wildman–Crippen LogP) is 3.90. The van der Waals surface area contributed by atoms with Crippen LogP contribution in [0.5, 0.6) is 5.75 Å². The van der Waals surface area contributed by atoms with Crippen molar-refractivity contribution in [2.24, 2.45) is 0 Å². The normalized spacial score (nSPS) is 12.0. The molecule has 0 saturated heterocycles. The molecule has 0 aliphatic heterocycles. The molecular weight excluding hydrogens is 464 g/mol.